The molecule has 0 spiro atoms. The van der Waals surface area contributed by atoms with E-state index in [2.05, 4.69) is 20.8 Å². The molecule has 1 aliphatic rings. The fraction of sp³-hybridized carbons (Fsp3) is 1.00. The fourth-order valence-corrected chi connectivity index (χ4v) is 2.14. The predicted molar refractivity (Wildman–Crippen MR) is 47.5 cm³/mol. The Hall–Kier alpha value is -0.0400. The van der Waals surface area contributed by atoms with Gasteiger partial charge in [-0.2, -0.15) is 0 Å². The van der Waals surface area contributed by atoms with E-state index in [1.807, 2.05) is 7.11 Å². The van der Waals surface area contributed by atoms with Crippen LogP contribution in [-0.2, 0) is 4.74 Å². The van der Waals surface area contributed by atoms with E-state index in [1.165, 1.54) is 12.8 Å². The summed E-state index contributed by atoms with van der Waals surface area (Å²) in [5, 5.41) is 0. The first-order chi connectivity index (χ1) is 5.16. The summed E-state index contributed by atoms with van der Waals surface area (Å²) in [6.45, 7) is 7.02. The van der Waals surface area contributed by atoms with Gasteiger partial charge in [0.1, 0.15) is 0 Å². The molecule has 1 saturated carbocycles. The first kappa shape index (κ1) is 9.05. The minimum Gasteiger partial charge on any atom is -0.381 e. The second kappa shape index (κ2) is 3.57. The molecule has 1 rings (SSSR count). The van der Waals surface area contributed by atoms with Gasteiger partial charge in [0, 0.05) is 7.11 Å². The number of rotatable bonds is 1. The third-order valence-corrected chi connectivity index (χ3v) is 3.52. The van der Waals surface area contributed by atoms with E-state index in [1.54, 1.807) is 0 Å². The van der Waals surface area contributed by atoms with Gasteiger partial charge in [-0.15, -0.1) is 0 Å². The summed E-state index contributed by atoms with van der Waals surface area (Å²) in [7, 11) is 1.84. The third kappa shape index (κ3) is 1.76. The molecule has 66 valence electrons. The molecule has 1 aliphatic carbocycles. The molecule has 1 nitrogen and oxygen atoms in total. The molecular formula is C10H20O. The lowest BCUT2D eigenvalue weighted by Gasteiger charge is -2.37. The lowest BCUT2D eigenvalue weighted by Crippen LogP contribution is -2.34. The van der Waals surface area contributed by atoms with Crippen molar-refractivity contribution >= 4 is 0 Å². The molecule has 0 saturated heterocycles. The van der Waals surface area contributed by atoms with E-state index in [0.717, 1.165) is 17.8 Å². The Labute approximate surface area is 70.1 Å². The highest BCUT2D eigenvalue weighted by molar-refractivity contribution is 4.81. The highest BCUT2D eigenvalue weighted by Crippen LogP contribution is 2.35. The highest BCUT2D eigenvalue weighted by atomic mass is 16.5. The van der Waals surface area contributed by atoms with E-state index >= 15 is 0 Å². The van der Waals surface area contributed by atoms with Crippen LogP contribution in [0.2, 0.25) is 0 Å². The van der Waals surface area contributed by atoms with Crippen molar-refractivity contribution in [3.63, 3.8) is 0 Å². The SMILES string of the molecule is COC1CCC(C)C(C)C1C. The molecule has 0 heterocycles. The second-order valence-electron chi connectivity index (χ2n) is 4.05. The zero-order chi connectivity index (χ0) is 8.43. The molecule has 0 aromatic carbocycles. The van der Waals surface area contributed by atoms with Crippen molar-refractivity contribution < 1.29 is 4.74 Å². The van der Waals surface area contributed by atoms with Crippen LogP contribution in [0.3, 0.4) is 0 Å². The van der Waals surface area contributed by atoms with E-state index < -0.39 is 0 Å². The quantitative estimate of drug-likeness (QED) is 0.567. The Morgan fingerprint density at radius 2 is 1.64 bits per heavy atom. The lowest BCUT2D eigenvalue weighted by atomic mass is 9.73. The van der Waals surface area contributed by atoms with Gasteiger partial charge in [0.05, 0.1) is 6.10 Å². The first-order valence-corrected chi connectivity index (χ1v) is 4.69. The first-order valence-electron chi connectivity index (χ1n) is 4.69. The van der Waals surface area contributed by atoms with Crippen LogP contribution < -0.4 is 0 Å². The maximum atomic E-state index is 5.42. The Balaban J connectivity index is 2.52. The summed E-state index contributed by atoms with van der Waals surface area (Å²) in [6.07, 6.45) is 3.11. The van der Waals surface area contributed by atoms with Crippen molar-refractivity contribution in [2.45, 2.75) is 39.7 Å². The molecule has 0 bridgehead atoms. The van der Waals surface area contributed by atoms with Crippen molar-refractivity contribution in [3.8, 4) is 0 Å². The summed E-state index contributed by atoms with van der Waals surface area (Å²) in [6, 6.07) is 0. The van der Waals surface area contributed by atoms with E-state index in [9.17, 15) is 0 Å². The molecule has 0 radical (unpaired) electrons. The largest absolute Gasteiger partial charge is 0.381 e. The van der Waals surface area contributed by atoms with Crippen LogP contribution in [0.4, 0.5) is 0 Å². The van der Waals surface area contributed by atoms with E-state index in [0.29, 0.717) is 6.10 Å². The molecule has 0 aliphatic heterocycles. The van der Waals surface area contributed by atoms with Gasteiger partial charge in [0.15, 0.2) is 0 Å². The van der Waals surface area contributed by atoms with Crippen molar-refractivity contribution in [2.75, 3.05) is 7.11 Å². The molecule has 0 aromatic rings. The van der Waals surface area contributed by atoms with Crippen molar-refractivity contribution in [1.82, 2.24) is 0 Å². The summed E-state index contributed by atoms with van der Waals surface area (Å²) < 4.78 is 5.42. The highest BCUT2D eigenvalue weighted by Gasteiger charge is 2.31. The van der Waals surface area contributed by atoms with Crippen LogP contribution in [-0.4, -0.2) is 13.2 Å². The Morgan fingerprint density at radius 1 is 1.00 bits per heavy atom. The van der Waals surface area contributed by atoms with Crippen LogP contribution in [0.25, 0.3) is 0 Å². The van der Waals surface area contributed by atoms with E-state index in [-0.39, 0.29) is 0 Å². The predicted octanol–water partition coefficient (Wildman–Crippen LogP) is 2.70. The minimum absolute atomic E-state index is 0.515. The van der Waals surface area contributed by atoms with Gasteiger partial charge in [-0.25, -0.2) is 0 Å². The molecule has 4 unspecified atom stereocenters. The maximum Gasteiger partial charge on any atom is 0.0599 e. The molecule has 0 aromatic heterocycles. The Kier molecular flexibility index (Phi) is 2.94. The molecule has 1 heteroatoms. The van der Waals surface area contributed by atoms with Crippen LogP contribution in [0.5, 0.6) is 0 Å². The number of hydrogen-bond donors (Lipinski definition) is 0. The number of methoxy groups -OCH3 is 1. The fourth-order valence-electron chi connectivity index (χ4n) is 2.14. The minimum atomic E-state index is 0.515. The summed E-state index contributed by atoms with van der Waals surface area (Å²) in [4.78, 5) is 0. The average Bonchev–Trinajstić information content (AvgIpc) is 2.01. The normalized spacial score (nSPS) is 45.8. The molecular weight excluding hydrogens is 136 g/mol. The van der Waals surface area contributed by atoms with Crippen LogP contribution in [0.15, 0.2) is 0 Å². The van der Waals surface area contributed by atoms with Gasteiger partial charge >= 0.3 is 0 Å². The molecule has 0 amide bonds. The molecule has 11 heavy (non-hydrogen) atoms. The topological polar surface area (TPSA) is 9.23 Å². The zero-order valence-corrected chi connectivity index (χ0v) is 8.13. The van der Waals surface area contributed by atoms with Crippen molar-refractivity contribution in [3.05, 3.63) is 0 Å². The summed E-state index contributed by atoms with van der Waals surface area (Å²) in [5.41, 5.74) is 0. The van der Waals surface area contributed by atoms with Crippen LogP contribution in [0.1, 0.15) is 33.6 Å². The number of ether oxygens (including phenoxy) is 1. The van der Waals surface area contributed by atoms with Crippen LogP contribution in [0, 0.1) is 17.8 Å². The standard InChI is InChI=1S/C10H20O/c1-7-5-6-10(11-4)9(3)8(7)2/h7-10H,5-6H2,1-4H3. The smallest absolute Gasteiger partial charge is 0.0599 e. The van der Waals surface area contributed by atoms with Gasteiger partial charge in [-0.1, -0.05) is 20.8 Å². The second-order valence-corrected chi connectivity index (χ2v) is 4.05. The molecule has 4 atom stereocenters. The zero-order valence-electron chi connectivity index (χ0n) is 8.13. The monoisotopic (exact) mass is 156 g/mol. The summed E-state index contributed by atoms with van der Waals surface area (Å²) in [5.74, 6) is 2.45. The molecule has 0 N–H and O–H groups in total. The van der Waals surface area contributed by atoms with E-state index in [4.69, 9.17) is 4.74 Å². The summed E-state index contributed by atoms with van der Waals surface area (Å²) >= 11 is 0. The van der Waals surface area contributed by atoms with Gasteiger partial charge < -0.3 is 4.74 Å². The van der Waals surface area contributed by atoms with Gasteiger partial charge in [-0.05, 0) is 30.6 Å². The van der Waals surface area contributed by atoms with Gasteiger partial charge in [-0.3, -0.25) is 0 Å². The lowest BCUT2D eigenvalue weighted by molar-refractivity contribution is -0.0108. The van der Waals surface area contributed by atoms with Crippen LogP contribution >= 0.6 is 0 Å². The Morgan fingerprint density at radius 3 is 2.18 bits per heavy atom. The molecule has 1 fully saturated rings. The van der Waals surface area contributed by atoms with Crippen molar-refractivity contribution in [2.24, 2.45) is 17.8 Å². The maximum absolute atomic E-state index is 5.42. The van der Waals surface area contributed by atoms with Crippen molar-refractivity contribution in [1.29, 1.82) is 0 Å². The van der Waals surface area contributed by atoms with Gasteiger partial charge in [0.2, 0.25) is 0 Å². The number of hydrogen-bond acceptors (Lipinski definition) is 1. The Bertz CT molecular complexity index is 120. The average molecular weight is 156 g/mol. The van der Waals surface area contributed by atoms with Gasteiger partial charge in [0.25, 0.3) is 0 Å². The third-order valence-electron chi connectivity index (χ3n) is 3.52.